The number of aliphatic carboxylic acids is 1. The summed E-state index contributed by atoms with van der Waals surface area (Å²) >= 11 is 0. The Balaban J connectivity index is 1.41. The molecule has 2 amide bonds. The van der Waals surface area contributed by atoms with Gasteiger partial charge in [-0.3, -0.25) is 9.59 Å². The molecule has 0 spiro atoms. The fourth-order valence-electron chi connectivity index (χ4n) is 4.76. The molecule has 1 aliphatic heterocycles. The van der Waals surface area contributed by atoms with Crippen molar-refractivity contribution in [1.82, 2.24) is 10.2 Å². The Morgan fingerprint density at radius 1 is 1.12 bits per heavy atom. The molecule has 0 saturated carbocycles. The van der Waals surface area contributed by atoms with Crippen LogP contribution in [0, 0.1) is 5.92 Å². The fourth-order valence-corrected chi connectivity index (χ4v) is 4.76. The van der Waals surface area contributed by atoms with Crippen LogP contribution in [0.5, 0.6) is 0 Å². The first-order valence-electron chi connectivity index (χ1n) is 11.2. The molecule has 1 heterocycles. The lowest BCUT2D eigenvalue weighted by Crippen LogP contribution is -2.48. The van der Waals surface area contributed by atoms with Crippen LogP contribution in [0.15, 0.2) is 48.5 Å². The fraction of sp³-hybridized carbons (Fsp3) is 0.400. The number of fused-ring (bicyclic) bond motifs is 3. The molecule has 1 aliphatic carbocycles. The first-order valence-corrected chi connectivity index (χ1v) is 11.2. The molecule has 9 heteroatoms. The van der Waals surface area contributed by atoms with E-state index in [1.54, 1.807) is 6.92 Å². The van der Waals surface area contributed by atoms with Gasteiger partial charge in [0, 0.05) is 12.5 Å². The molecule has 4 rings (SSSR count). The smallest absolute Gasteiger partial charge is 0.407 e. The van der Waals surface area contributed by atoms with Crippen LogP contribution in [0.1, 0.15) is 36.8 Å². The summed E-state index contributed by atoms with van der Waals surface area (Å²) in [5.74, 6) is -8.04. The molecular weight excluding hydrogens is 446 g/mol. The van der Waals surface area contributed by atoms with Gasteiger partial charge < -0.3 is 20.1 Å². The Morgan fingerprint density at radius 2 is 1.71 bits per heavy atom. The summed E-state index contributed by atoms with van der Waals surface area (Å²) < 4.78 is 33.5. The van der Waals surface area contributed by atoms with Crippen molar-refractivity contribution in [3.05, 3.63) is 59.7 Å². The van der Waals surface area contributed by atoms with Crippen LogP contribution < -0.4 is 5.32 Å². The molecule has 0 bridgehead atoms. The van der Waals surface area contributed by atoms with Crippen LogP contribution in [0.25, 0.3) is 11.1 Å². The van der Waals surface area contributed by atoms with Crippen LogP contribution in [-0.2, 0) is 14.3 Å². The number of ether oxygens (including phenoxy) is 1. The van der Waals surface area contributed by atoms with Gasteiger partial charge in [0.05, 0.1) is 6.54 Å². The molecule has 2 aromatic rings. The Labute approximate surface area is 195 Å². The zero-order valence-corrected chi connectivity index (χ0v) is 18.7. The normalized spacial score (nSPS) is 19.3. The number of carbonyl (C=O) groups excluding carboxylic acids is 2. The lowest BCUT2D eigenvalue weighted by molar-refractivity contribution is -0.151. The van der Waals surface area contributed by atoms with Gasteiger partial charge in [0.2, 0.25) is 5.91 Å². The maximum absolute atomic E-state index is 14.0. The van der Waals surface area contributed by atoms with Gasteiger partial charge >= 0.3 is 12.1 Å². The van der Waals surface area contributed by atoms with E-state index in [4.69, 9.17) is 9.84 Å². The minimum Gasteiger partial charge on any atom is -0.481 e. The lowest BCUT2D eigenvalue weighted by Gasteiger charge is -2.24. The van der Waals surface area contributed by atoms with Crippen LogP contribution in [0.4, 0.5) is 13.6 Å². The molecule has 2 atom stereocenters. The zero-order valence-electron chi connectivity index (χ0n) is 18.7. The number of carbonyl (C=O) groups is 3. The van der Waals surface area contributed by atoms with E-state index in [1.165, 1.54) is 0 Å². The molecule has 7 nitrogen and oxygen atoms in total. The second-order valence-corrected chi connectivity index (χ2v) is 8.68. The third-order valence-corrected chi connectivity index (χ3v) is 6.44. The second kappa shape index (κ2) is 9.40. The van der Waals surface area contributed by atoms with Gasteiger partial charge in [-0.2, -0.15) is 0 Å². The van der Waals surface area contributed by atoms with E-state index in [0.29, 0.717) is 6.42 Å². The van der Waals surface area contributed by atoms with Crippen LogP contribution in [0.2, 0.25) is 0 Å². The maximum atomic E-state index is 14.0. The number of nitrogens with zero attached hydrogens (tertiary/aromatic N) is 1. The number of alkyl halides is 2. The molecule has 2 N–H and O–H groups in total. The average molecular weight is 472 g/mol. The van der Waals surface area contributed by atoms with E-state index in [2.05, 4.69) is 5.32 Å². The number of carboxylic acid groups (broad SMARTS) is 1. The van der Waals surface area contributed by atoms with Crippen molar-refractivity contribution in [3.8, 4) is 11.1 Å². The van der Waals surface area contributed by atoms with E-state index >= 15 is 0 Å². The predicted molar refractivity (Wildman–Crippen MR) is 120 cm³/mol. The lowest BCUT2D eigenvalue weighted by atomic mass is 9.98. The van der Waals surface area contributed by atoms with Gasteiger partial charge in [0.25, 0.3) is 5.92 Å². The highest BCUT2D eigenvalue weighted by atomic mass is 19.3. The van der Waals surface area contributed by atoms with Crippen LogP contribution >= 0.6 is 0 Å². The summed E-state index contributed by atoms with van der Waals surface area (Å²) in [6.45, 7) is 0.247. The largest absolute Gasteiger partial charge is 0.481 e. The molecule has 0 aromatic heterocycles. The number of hydrogen-bond acceptors (Lipinski definition) is 4. The van der Waals surface area contributed by atoms with Crippen LogP contribution in [0.3, 0.4) is 0 Å². The van der Waals surface area contributed by atoms with Gasteiger partial charge in [-0.15, -0.1) is 0 Å². The molecule has 1 fully saturated rings. The predicted octanol–water partition coefficient (Wildman–Crippen LogP) is 3.87. The first-order chi connectivity index (χ1) is 16.2. The third kappa shape index (κ3) is 4.47. The molecule has 0 radical (unpaired) electrons. The molecule has 2 unspecified atom stereocenters. The maximum Gasteiger partial charge on any atom is 0.407 e. The molecule has 2 aliphatic rings. The van der Waals surface area contributed by atoms with Crippen molar-refractivity contribution in [3.63, 3.8) is 0 Å². The van der Waals surface area contributed by atoms with Gasteiger partial charge in [0.1, 0.15) is 18.6 Å². The number of alkyl carbamates (subject to hydrolysis) is 1. The number of halogens is 2. The van der Waals surface area contributed by atoms with Gasteiger partial charge in [0.15, 0.2) is 0 Å². The first kappa shape index (κ1) is 23.7. The number of hydrogen-bond donors (Lipinski definition) is 2. The van der Waals surface area contributed by atoms with E-state index in [0.717, 1.165) is 27.2 Å². The third-order valence-electron chi connectivity index (χ3n) is 6.44. The summed E-state index contributed by atoms with van der Waals surface area (Å²) in [5, 5.41) is 11.5. The minimum absolute atomic E-state index is 0.0514. The molecule has 2 aromatic carbocycles. The van der Waals surface area contributed by atoms with Crippen molar-refractivity contribution >= 4 is 18.0 Å². The number of nitrogens with one attached hydrogen (secondary N) is 1. The van der Waals surface area contributed by atoms with E-state index in [9.17, 15) is 23.2 Å². The van der Waals surface area contributed by atoms with E-state index in [-0.39, 0.29) is 18.9 Å². The quantitative estimate of drug-likeness (QED) is 0.638. The van der Waals surface area contributed by atoms with E-state index < -0.39 is 48.9 Å². The van der Waals surface area contributed by atoms with Gasteiger partial charge in [-0.1, -0.05) is 61.9 Å². The van der Waals surface area contributed by atoms with E-state index in [1.807, 2.05) is 48.5 Å². The molecular formula is C25H26F2N2O5. The summed E-state index contributed by atoms with van der Waals surface area (Å²) in [6.07, 6.45) is -0.107. The topological polar surface area (TPSA) is 95.9 Å². The molecule has 34 heavy (non-hydrogen) atoms. The number of amides is 2. The van der Waals surface area contributed by atoms with Crippen LogP contribution in [-0.4, -0.2) is 59.6 Å². The second-order valence-electron chi connectivity index (χ2n) is 8.68. The number of benzene rings is 2. The SMILES string of the molecule is CCCC(NC(=O)OCC1c2ccccc2-c2ccccc21)C(=O)N1CC(C(=O)O)C(F)(F)C1. The Morgan fingerprint density at radius 3 is 2.24 bits per heavy atom. The molecule has 180 valence electrons. The Bertz CT molecular complexity index is 1060. The number of carboxylic acids is 1. The monoisotopic (exact) mass is 472 g/mol. The van der Waals surface area contributed by atoms with Gasteiger partial charge in [-0.05, 0) is 28.7 Å². The Hall–Kier alpha value is -3.49. The van der Waals surface area contributed by atoms with Crippen molar-refractivity contribution < 1.29 is 33.0 Å². The van der Waals surface area contributed by atoms with Crippen molar-refractivity contribution in [2.45, 2.75) is 37.6 Å². The summed E-state index contributed by atoms with van der Waals surface area (Å²) in [4.78, 5) is 37.4. The Kier molecular flexibility index (Phi) is 6.54. The average Bonchev–Trinajstić information content (AvgIpc) is 3.31. The highest BCUT2D eigenvalue weighted by Crippen LogP contribution is 2.44. The number of rotatable bonds is 7. The van der Waals surface area contributed by atoms with Crippen molar-refractivity contribution in [2.75, 3.05) is 19.7 Å². The highest BCUT2D eigenvalue weighted by molar-refractivity contribution is 5.87. The summed E-state index contributed by atoms with van der Waals surface area (Å²) in [5.41, 5.74) is 4.23. The number of likely N-dealkylation sites (tertiary alicyclic amines) is 1. The summed E-state index contributed by atoms with van der Waals surface area (Å²) in [7, 11) is 0. The zero-order chi connectivity index (χ0) is 24.5. The van der Waals surface area contributed by atoms with Crippen molar-refractivity contribution in [1.29, 1.82) is 0 Å². The summed E-state index contributed by atoms with van der Waals surface area (Å²) in [6, 6.07) is 14.7. The minimum atomic E-state index is -3.53. The highest BCUT2D eigenvalue weighted by Gasteiger charge is 2.54. The standard InChI is InChI=1S/C25H26F2N2O5/c1-2-7-21(22(30)29-12-20(23(31)32)25(26,27)14-29)28-24(33)34-13-19-17-10-5-3-8-15(17)16-9-4-6-11-18(16)19/h3-6,8-11,19-21H,2,7,12-14H2,1H3,(H,28,33)(H,31,32). The van der Waals surface area contributed by atoms with Crippen molar-refractivity contribution in [2.24, 2.45) is 5.92 Å². The molecule has 1 saturated heterocycles. The van der Waals surface area contributed by atoms with Gasteiger partial charge in [-0.25, -0.2) is 13.6 Å².